The highest BCUT2D eigenvalue weighted by Gasteiger charge is 2.32. The van der Waals surface area contributed by atoms with Crippen LogP contribution in [-0.4, -0.2) is 48.9 Å². The minimum Gasteiger partial charge on any atom is -0.354 e. The molecule has 0 aliphatic carbocycles. The molecular weight excluding hydrogens is 326 g/mol. The van der Waals surface area contributed by atoms with Crippen molar-refractivity contribution in [2.45, 2.75) is 58.9 Å². The summed E-state index contributed by atoms with van der Waals surface area (Å²) >= 11 is 0. The second kappa shape index (κ2) is 10.3. The summed E-state index contributed by atoms with van der Waals surface area (Å²) in [5, 5.41) is 3.05. The molecule has 5 heteroatoms. The van der Waals surface area contributed by atoms with Gasteiger partial charge >= 0.3 is 0 Å². The van der Waals surface area contributed by atoms with Crippen molar-refractivity contribution in [2.75, 3.05) is 31.1 Å². The van der Waals surface area contributed by atoms with Gasteiger partial charge in [0, 0.05) is 18.7 Å². The molecule has 1 aliphatic rings. The van der Waals surface area contributed by atoms with E-state index in [1.54, 1.807) is 4.90 Å². The maximum atomic E-state index is 12.8. The van der Waals surface area contributed by atoms with Crippen LogP contribution in [0.4, 0.5) is 5.69 Å². The normalized spacial score (nSPS) is 15.5. The lowest BCUT2D eigenvalue weighted by Gasteiger charge is -2.30. The number of hydrogen-bond acceptors (Lipinski definition) is 3. The lowest BCUT2D eigenvalue weighted by atomic mass is 10.1. The summed E-state index contributed by atoms with van der Waals surface area (Å²) in [7, 11) is 0. The van der Waals surface area contributed by atoms with Crippen LogP contribution in [0.15, 0.2) is 24.3 Å². The molecule has 1 aromatic carbocycles. The van der Waals surface area contributed by atoms with E-state index in [1.807, 2.05) is 25.1 Å². The Morgan fingerprint density at radius 2 is 1.92 bits per heavy atom. The van der Waals surface area contributed by atoms with Gasteiger partial charge in [0.15, 0.2) is 0 Å². The quantitative estimate of drug-likeness (QED) is 0.690. The predicted molar refractivity (Wildman–Crippen MR) is 106 cm³/mol. The van der Waals surface area contributed by atoms with Gasteiger partial charge in [0.2, 0.25) is 11.8 Å². The summed E-state index contributed by atoms with van der Waals surface area (Å²) < 4.78 is 0. The molecule has 0 bridgehead atoms. The summed E-state index contributed by atoms with van der Waals surface area (Å²) in [5.74, 6) is 0.0113. The molecule has 1 heterocycles. The highest BCUT2D eigenvalue weighted by Crippen LogP contribution is 2.29. The van der Waals surface area contributed by atoms with E-state index in [0.717, 1.165) is 50.1 Å². The van der Waals surface area contributed by atoms with Crippen LogP contribution in [0.25, 0.3) is 0 Å². The number of fused-ring (bicyclic) bond motifs is 1. The topological polar surface area (TPSA) is 52.7 Å². The second-order valence-corrected chi connectivity index (χ2v) is 6.84. The summed E-state index contributed by atoms with van der Waals surface area (Å²) in [4.78, 5) is 29.6. The van der Waals surface area contributed by atoms with Crippen molar-refractivity contribution in [2.24, 2.45) is 0 Å². The van der Waals surface area contributed by atoms with E-state index >= 15 is 0 Å². The van der Waals surface area contributed by atoms with E-state index in [9.17, 15) is 9.59 Å². The van der Waals surface area contributed by atoms with Crippen molar-refractivity contribution >= 4 is 17.5 Å². The maximum absolute atomic E-state index is 12.8. The molecule has 0 spiro atoms. The number of hydrogen-bond donors (Lipinski definition) is 1. The van der Waals surface area contributed by atoms with Crippen LogP contribution < -0.4 is 10.2 Å². The number of carbonyl (C=O) groups excluding carboxylic acids is 2. The number of para-hydroxylation sites is 1. The molecule has 1 aromatic rings. The molecule has 0 aromatic heterocycles. The van der Waals surface area contributed by atoms with Gasteiger partial charge in [-0.1, -0.05) is 39.0 Å². The van der Waals surface area contributed by atoms with Crippen LogP contribution in [0, 0.1) is 0 Å². The van der Waals surface area contributed by atoms with Crippen LogP contribution in [0.5, 0.6) is 0 Å². The fourth-order valence-electron chi connectivity index (χ4n) is 3.64. The average Bonchev–Trinajstić information content (AvgIpc) is 2.82. The van der Waals surface area contributed by atoms with Crippen molar-refractivity contribution in [3.05, 3.63) is 29.8 Å². The number of nitrogens with zero attached hydrogens (tertiary/aromatic N) is 2. The number of amides is 2. The first kappa shape index (κ1) is 20.4. The molecule has 26 heavy (non-hydrogen) atoms. The lowest BCUT2D eigenvalue weighted by Crippen LogP contribution is -2.50. The Morgan fingerprint density at radius 1 is 1.19 bits per heavy atom. The van der Waals surface area contributed by atoms with Gasteiger partial charge in [-0.15, -0.1) is 0 Å². The Hall–Kier alpha value is -1.88. The Kier molecular flexibility index (Phi) is 8.10. The third-order valence-corrected chi connectivity index (χ3v) is 5.20. The lowest BCUT2D eigenvalue weighted by molar-refractivity contribution is -0.126. The molecule has 0 radical (unpaired) electrons. The van der Waals surface area contributed by atoms with Gasteiger partial charge in [0.05, 0.1) is 0 Å². The van der Waals surface area contributed by atoms with Crippen molar-refractivity contribution < 1.29 is 9.59 Å². The molecule has 1 aliphatic heterocycles. The van der Waals surface area contributed by atoms with Gasteiger partial charge in [-0.25, -0.2) is 0 Å². The first-order chi connectivity index (χ1) is 12.6. The second-order valence-electron chi connectivity index (χ2n) is 6.84. The first-order valence-corrected chi connectivity index (χ1v) is 10.0. The van der Waals surface area contributed by atoms with Crippen LogP contribution in [0.2, 0.25) is 0 Å². The van der Waals surface area contributed by atoms with Crippen LogP contribution >= 0.6 is 0 Å². The number of anilines is 1. The molecule has 2 amide bonds. The summed E-state index contributed by atoms with van der Waals surface area (Å²) in [6.07, 6.45) is 3.77. The fourth-order valence-corrected chi connectivity index (χ4v) is 3.64. The van der Waals surface area contributed by atoms with E-state index in [1.165, 1.54) is 0 Å². The number of nitrogens with one attached hydrogen (secondary N) is 1. The first-order valence-electron chi connectivity index (χ1n) is 10.0. The van der Waals surface area contributed by atoms with Crippen LogP contribution in [-0.2, 0) is 16.0 Å². The van der Waals surface area contributed by atoms with Gasteiger partial charge in [0.25, 0.3) is 0 Å². The van der Waals surface area contributed by atoms with Gasteiger partial charge in [-0.2, -0.15) is 0 Å². The van der Waals surface area contributed by atoms with Gasteiger partial charge in [-0.3, -0.25) is 14.5 Å². The molecule has 0 saturated heterocycles. The average molecular weight is 360 g/mol. The zero-order chi connectivity index (χ0) is 18.9. The molecular formula is C21H33N3O2. The zero-order valence-corrected chi connectivity index (χ0v) is 16.5. The molecule has 0 unspecified atom stereocenters. The molecule has 0 saturated carbocycles. The predicted octanol–water partition coefficient (Wildman–Crippen LogP) is 2.98. The molecule has 1 N–H and O–H groups in total. The molecule has 0 fully saturated rings. The van der Waals surface area contributed by atoms with Crippen molar-refractivity contribution in [3.63, 3.8) is 0 Å². The third kappa shape index (κ3) is 5.07. The highest BCUT2D eigenvalue weighted by molar-refractivity contribution is 6.01. The summed E-state index contributed by atoms with van der Waals surface area (Å²) in [6, 6.07) is 7.54. The largest absolute Gasteiger partial charge is 0.354 e. The highest BCUT2D eigenvalue weighted by atomic mass is 16.2. The minimum absolute atomic E-state index is 0.0444. The summed E-state index contributed by atoms with van der Waals surface area (Å²) in [6.45, 7) is 9.96. The van der Waals surface area contributed by atoms with E-state index in [0.29, 0.717) is 19.4 Å². The minimum atomic E-state index is -0.435. The van der Waals surface area contributed by atoms with E-state index in [-0.39, 0.29) is 11.8 Å². The maximum Gasteiger partial charge on any atom is 0.243 e. The molecule has 5 nitrogen and oxygen atoms in total. The smallest absolute Gasteiger partial charge is 0.243 e. The molecule has 2 rings (SSSR count). The van der Waals surface area contributed by atoms with Gasteiger partial charge in [0.1, 0.15) is 6.04 Å². The summed E-state index contributed by atoms with van der Waals surface area (Å²) in [5.41, 5.74) is 2.06. The third-order valence-electron chi connectivity index (χ3n) is 5.20. The zero-order valence-electron chi connectivity index (χ0n) is 16.5. The number of rotatable bonds is 9. The Morgan fingerprint density at radius 3 is 2.62 bits per heavy atom. The van der Waals surface area contributed by atoms with Crippen LogP contribution in [0.1, 0.15) is 52.0 Å². The Balaban J connectivity index is 2.04. The van der Waals surface area contributed by atoms with Crippen molar-refractivity contribution in [1.29, 1.82) is 0 Å². The number of aryl methyl sites for hydroxylation is 1. The Bertz CT molecular complexity index is 599. The molecule has 1 atom stereocenters. The Labute approximate surface area is 157 Å². The number of carbonyl (C=O) groups is 2. The van der Waals surface area contributed by atoms with Gasteiger partial charge < -0.3 is 10.2 Å². The number of benzene rings is 1. The monoisotopic (exact) mass is 359 g/mol. The van der Waals surface area contributed by atoms with E-state index in [2.05, 4.69) is 30.1 Å². The fraction of sp³-hybridized carbons (Fsp3) is 0.619. The van der Waals surface area contributed by atoms with Crippen molar-refractivity contribution in [3.8, 4) is 0 Å². The van der Waals surface area contributed by atoms with E-state index < -0.39 is 6.04 Å². The van der Waals surface area contributed by atoms with Crippen LogP contribution in [0.3, 0.4) is 0 Å². The van der Waals surface area contributed by atoms with Gasteiger partial charge in [-0.05, 0) is 56.9 Å². The van der Waals surface area contributed by atoms with E-state index in [4.69, 9.17) is 0 Å². The standard InChI is InChI=1S/C21H33N3O2/c1-4-18(21(26)22-15-10-16-23(5-2)6-3)24-19-13-8-7-11-17(19)12-9-14-20(24)25/h7-8,11,13,18H,4-6,9-10,12,14-16H2,1-3H3,(H,22,26)/t18-/m0/s1. The SMILES string of the molecule is CC[C@@H](C(=O)NCCCN(CC)CC)N1C(=O)CCCc2ccccc21. The van der Waals surface area contributed by atoms with Crippen molar-refractivity contribution in [1.82, 2.24) is 10.2 Å². The molecule has 144 valence electrons.